The first kappa shape index (κ1) is 47.4. The third-order valence-electron chi connectivity index (χ3n) is 9.06. The molecule has 1 fully saturated rings. The number of hydrogen-bond donors (Lipinski definition) is 7. The van der Waals surface area contributed by atoms with Crippen molar-refractivity contribution in [2.45, 2.75) is 129 Å². The van der Waals surface area contributed by atoms with Crippen LogP contribution in [0.4, 0.5) is 0 Å². The lowest BCUT2D eigenvalue weighted by Gasteiger charge is -2.22. The quantitative estimate of drug-likeness (QED) is 0.0319. The summed E-state index contributed by atoms with van der Waals surface area (Å²) in [6.07, 6.45) is 8.89. The fourth-order valence-corrected chi connectivity index (χ4v) is 5.61. The summed E-state index contributed by atoms with van der Waals surface area (Å²) in [4.78, 5) is 83.3. The topological polar surface area (TPSA) is 238 Å². The molecule has 0 aliphatic carbocycles. The van der Waals surface area contributed by atoms with Gasteiger partial charge in [-0.1, -0.05) is 12.8 Å². The molecule has 0 spiro atoms. The molecular formula is C36H65N7O10. The molecule has 0 bridgehead atoms. The molecule has 1 rings (SSSR count). The number of nitrogens with one attached hydrogen (secondary N) is 4. The van der Waals surface area contributed by atoms with E-state index in [9.17, 15) is 49.2 Å². The molecule has 17 heteroatoms. The predicted molar refractivity (Wildman–Crippen MR) is 194 cm³/mol. The van der Waals surface area contributed by atoms with Gasteiger partial charge >= 0.3 is 0 Å². The number of hydroxylamine groups is 6. The SMILES string of the molecule is CC(=O)N(O)CCCCCCC(=O)CCC(=O)N(O)CCCCCNC(=O)CCC(=O)N(O)CCCCCNC(=O)CCC(=O)NCC1CCNCC1. The van der Waals surface area contributed by atoms with Crippen LogP contribution in [0.2, 0.25) is 0 Å². The highest BCUT2D eigenvalue weighted by Gasteiger charge is 2.16. The van der Waals surface area contributed by atoms with E-state index in [2.05, 4.69) is 21.3 Å². The molecule has 53 heavy (non-hydrogen) atoms. The van der Waals surface area contributed by atoms with Crippen LogP contribution in [0.1, 0.15) is 129 Å². The lowest BCUT2D eigenvalue weighted by Crippen LogP contribution is -2.36. The Kier molecular flexibility index (Phi) is 26.6. The summed E-state index contributed by atoms with van der Waals surface area (Å²) in [5.74, 6) is -1.70. The molecule has 1 aliphatic heterocycles. The minimum absolute atomic E-state index is 0.0529. The van der Waals surface area contributed by atoms with Crippen LogP contribution in [0.15, 0.2) is 0 Å². The van der Waals surface area contributed by atoms with Crippen molar-refractivity contribution in [3.8, 4) is 0 Å². The highest BCUT2D eigenvalue weighted by Crippen LogP contribution is 2.10. The fraction of sp³-hybridized carbons (Fsp3) is 0.806. The maximum atomic E-state index is 12.2. The summed E-state index contributed by atoms with van der Waals surface area (Å²) in [6.45, 7) is 5.14. The van der Waals surface area contributed by atoms with Crippen molar-refractivity contribution < 1.29 is 49.2 Å². The number of hydrogen-bond acceptors (Lipinski definition) is 11. The number of unbranched alkanes of at least 4 members (excludes halogenated alkanes) is 7. The Balaban J connectivity index is 1.97. The smallest absolute Gasteiger partial charge is 0.246 e. The number of carbonyl (C=O) groups is 7. The van der Waals surface area contributed by atoms with Gasteiger partial charge in [-0.05, 0) is 83.2 Å². The molecule has 0 atom stereocenters. The van der Waals surface area contributed by atoms with E-state index in [-0.39, 0.29) is 81.7 Å². The van der Waals surface area contributed by atoms with Gasteiger partial charge in [0.15, 0.2) is 0 Å². The third-order valence-corrected chi connectivity index (χ3v) is 9.06. The minimum atomic E-state index is -0.557. The van der Waals surface area contributed by atoms with Crippen LogP contribution in [0, 0.1) is 5.92 Å². The standard InChI is InChI=1S/C36H65N7O10/c1-29(44)41(51)25-9-3-2-6-12-31(45)13-17-35(49)42(52)26-10-5-8-22-39-33(47)16-18-36(50)43(53)27-11-4-7-21-38-32(46)14-15-34(48)40-28-30-19-23-37-24-20-30/h30,37,51-53H,2-28H2,1H3,(H,38,46)(H,39,47)(H,40,48). The number of piperidine rings is 1. The van der Waals surface area contributed by atoms with Crippen LogP contribution in [0.25, 0.3) is 0 Å². The van der Waals surface area contributed by atoms with E-state index in [4.69, 9.17) is 0 Å². The highest BCUT2D eigenvalue weighted by atomic mass is 16.5. The Hall–Kier alpha value is -3.67. The van der Waals surface area contributed by atoms with Gasteiger partial charge in [0.05, 0.1) is 0 Å². The normalized spacial score (nSPS) is 12.8. The van der Waals surface area contributed by atoms with Crippen molar-refractivity contribution in [2.75, 3.05) is 52.4 Å². The van der Waals surface area contributed by atoms with E-state index < -0.39 is 17.7 Å². The van der Waals surface area contributed by atoms with Crippen molar-refractivity contribution in [3.63, 3.8) is 0 Å². The van der Waals surface area contributed by atoms with Gasteiger partial charge in [0.25, 0.3) is 0 Å². The second-order valence-corrected chi connectivity index (χ2v) is 13.7. The molecule has 0 aromatic rings. The van der Waals surface area contributed by atoms with Crippen molar-refractivity contribution in [1.82, 2.24) is 36.5 Å². The number of rotatable bonds is 30. The van der Waals surface area contributed by atoms with Crippen LogP contribution < -0.4 is 21.3 Å². The van der Waals surface area contributed by atoms with Gasteiger partial charge in [-0.15, -0.1) is 0 Å². The molecule has 0 saturated carbocycles. The van der Waals surface area contributed by atoms with E-state index >= 15 is 0 Å². The summed E-state index contributed by atoms with van der Waals surface area (Å²) in [7, 11) is 0. The molecule has 1 aliphatic rings. The number of carbonyl (C=O) groups excluding carboxylic acids is 7. The average molecular weight is 756 g/mol. The van der Waals surface area contributed by atoms with E-state index in [1.165, 1.54) is 6.92 Å². The molecule has 304 valence electrons. The predicted octanol–water partition coefficient (Wildman–Crippen LogP) is 2.21. The summed E-state index contributed by atoms with van der Waals surface area (Å²) in [5.41, 5.74) is 0. The molecule has 0 radical (unpaired) electrons. The first-order chi connectivity index (χ1) is 25.4. The Labute approximate surface area is 313 Å². The Bertz CT molecular complexity index is 1120. The molecule has 0 unspecified atom stereocenters. The zero-order valence-corrected chi connectivity index (χ0v) is 31.7. The van der Waals surface area contributed by atoms with Gasteiger partial charge in [0, 0.05) is 91.1 Å². The summed E-state index contributed by atoms with van der Waals surface area (Å²) < 4.78 is 0. The van der Waals surface area contributed by atoms with Gasteiger partial charge in [0.2, 0.25) is 35.4 Å². The van der Waals surface area contributed by atoms with Crippen LogP contribution >= 0.6 is 0 Å². The van der Waals surface area contributed by atoms with Gasteiger partial charge in [-0.3, -0.25) is 49.2 Å². The molecule has 1 saturated heterocycles. The van der Waals surface area contributed by atoms with Crippen molar-refractivity contribution >= 4 is 41.2 Å². The average Bonchev–Trinajstić information content (AvgIpc) is 3.15. The molecule has 0 aromatic carbocycles. The first-order valence-electron chi connectivity index (χ1n) is 19.4. The zero-order chi connectivity index (χ0) is 39.3. The van der Waals surface area contributed by atoms with E-state index in [0.29, 0.717) is 98.5 Å². The molecule has 0 aromatic heterocycles. The van der Waals surface area contributed by atoms with Gasteiger partial charge in [-0.2, -0.15) is 0 Å². The molecule has 7 N–H and O–H groups in total. The highest BCUT2D eigenvalue weighted by molar-refractivity contribution is 5.85. The lowest BCUT2D eigenvalue weighted by atomic mass is 9.98. The summed E-state index contributed by atoms with van der Waals surface area (Å²) >= 11 is 0. The Morgan fingerprint density at radius 1 is 0.528 bits per heavy atom. The first-order valence-corrected chi connectivity index (χ1v) is 19.4. The molecule has 17 nitrogen and oxygen atoms in total. The molecular weight excluding hydrogens is 690 g/mol. The number of ketones is 1. The van der Waals surface area contributed by atoms with Crippen LogP contribution in [0.5, 0.6) is 0 Å². The second kappa shape index (κ2) is 29.7. The summed E-state index contributed by atoms with van der Waals surface area (Å²) in [6, 6.07) is 0. The molecule has 1 heterocycles. The van der Waals surface area contributed by atoms with Gasteiger partial charge in [0.1, 0.15) is 5.78 Å². The van der Waals surface area contributed by atoms with E-state index in [1.807, 2.05) is 0 Å². The number of nitrogens with zero attached hydrogens (tertiary/aromatic N) is 3. The second-order valence-electron chi connectivity index (χ2n) is 13.7. The Morgan fingerprint density at radius 2 is 0.962 bits per heavy atom. The van der Waals surface area contributed by atoms with E-state index in [1.54, 1.807) is 0 Å². The maximum absolute atomic E-state index is 12.2. The largest absolute Gasteiger partial charge is 0.356 e. The van der Waals surface area contributed by atoms with Crippen LogP contribution in [-0.4, -0.2) is 124 Å². The Morgan fingerprint density at radius 3 is 1.49 bits per heavy atom. The van der Waals surface area contributed by atoms with Gasteiger partial charge < -0.3 is 21.3 Å². The summed E-state index contributed by atoms with van der Waals surface area (Å²) in [5, 5.41) is 42.8. The van der Waals surface area contributed by atoms with Gasteiger partial charge in [-0.25, -0.2) is 15.2 Å². The van der Waals surface area contributed by atoms with Crippen LogP contribution in [0.3, 0.4) is 0 Å². The molecule has 6 amide bonds. The monoisotopic (exact) mass is 755 g/mol. The number of Topliss-reactive ketones (excluding diaryl/α,β-unsaturated/α-hetero) is 1. The third kappa shape index (κ3) is 25.9. The zero-order valence-electron chi connectivity index (χ0n) is 31.7. The maximum Gasteiger partial charge on any atom is 0.246 e. The van der Waals surface area contributed by atoms with E-state index in [0.717, 1.165) is 38.8 Å². The van der Waals surface area contributed by atoms with Crippen LogP contribution in [-0.2, 0) is 33.6 Å². The lowest BCUT2D eigenvalue weighted by molar-refractivity contribution is -0.166. The minimum Gasteiger partial charge on any atom is -0.356 e. The van der Waals surface area contributed by atoms with Crippen molar-refractivity contribution in [2.24, 2.45) is 5.92 Å². The van der Waals surface area contributed by atoms with Crippen molar-refractivity contribution in [3.05, 3.63) is 0 Å². The van der Waals surface area contributed by atoms with Crippen molar-refractivity contribution in [1.29, 1.82) is 0 Å². The fourth-order valence-electron chi connectivity index (χ4n) is 5.61. The number of amides is 6.